The minimum Gasteiger partial charge on any atom is -0.376 e. The molecule has 0 bridgehead atoms. The first kappa shape index (κ1) is 15.8. The Morgan fingerprint density at radius 1 is 1.48 bits per heavy atom. The molecule has 21 heavy (non-hydrogen) atoms. The van der Waals surface area contributed by atoms with E-state index in [0.29, 0.717) is 21.7 Å². The lowest BCUT2D eigenvalue weighted by molar-refractivity contribution is 0.648. The number of aromatic nitrogens is 2. The van der Waals surface area contributed by atoms with Crippen LogP contribution in [-0.4, -0.2) is 9.78 Å². The number of nitrogens with one attached hydrogen (secondary N) is 1. The van der Waals surface area contributed by atoms with E-state index in [-0.39, 0.29) is 11.6 Å². The molecular formula is C15H15BrClN3O. The van der Waals surface area contributed by atoms with Crippen LogP contribution in [0, 0.1) is 0 Å². The molecule has 1 N–H and O–H groups in total. The van der Waals surface area contributed by atoms with Gasteiger partial charge in [-0.25, -0.2) is 4.68 Å². The molecule has 1 heterocycles. The Morgan fingerprint density at radius 3 is 2.76 bits per heavy atom. The van der Waals surface area contributed by atoms with Gasteiger partial charge in [0.1, 0.15) is 4.47 Å². The number of anilines is 1. The first-order valence-corrected chi connectivity index (χ1v) is 7.58. The number of halogens is 2. The van der Waals surface area contributed by atoms with Crippen LogP contribution in [0.3, 0.4) is 0 Å². The largest absolute Gasteiger partial charge is 0.376 e. The SMILES string of the molecule is C=CCn1ncc(NC(C)c2ccc(Cl)cc2)c(Br)c1=O. The third-order valence-electron chi connectivity index (χ3n) is 3.03. The van der Waals surface area contributed by atoms with Gasteiger partial charge < -0.3 is 5.32 Å². The van der Waals surface area contributed by atoms with Gasteiger partial charge in [0.15, 0.2) is 0 Å². The van der Waals surface area contributed by atoms with Gasteiger partial charge in [-0.2, -0.15) is 5.10 Å². The Balaban J connectivity index is 2.23. The van der Waals surface area contributed by atoms with Gasteiger partial charge in [-0.3, -0.25) is 4.79 Å². The van der Waals surface area contributed by atoms with Crippen LogP contribution in [0.5, 0.6) is 0 Å². The second kappa shape index (κ2) is 6.91. The van der Waals surface area contributed by atoms with Crippen molar-refractivity contribution < 1.29 is 0 Å². The standard InChI is InChI=1S/C15H15BrClN3O/c1-3-8-20-15(21)14(16)13(9-18-20)19-10(2)11-4-6-12(17)7-5-11/h3-7,9-10,19H,1,8H2,2H3. The molecular weight excluding hydrogens is 354 g/mol. The molecule has 1 unspecified atom stereocenters. The molecule has 6 heteroatoms. The van der Waals surface area contributed by atoms with E-state index < -0.39 is 0 Å². The summed E-state index contributed by atoms with van der Waals surface area (Å²) in [5.41, 5.74) is 1.53. The van der Waals surface area contributed by atoms with Crippen molar-refractivity contribution in [3.05, 3.63) is 68.5 Å². The van der Waals surface area contributed by atoms with Crippen molar-refractivity contribution in [1.29, 1.82) is 0 Å². The molecule has 4 nitrogen and oxygen atoms in total. The molecule has 2 rings (SSSR count). The molecule has 0 fully saturated rings. The zero-order chi connectivity index (χ0) is 15.4. The third kappa shape index (κ3) is 3.74. The van der Waals surface area contributed by atoms with Gasteiger partial charge in [0, 0.05) is 11.1 Å². The molecule has 0 aliphatic rings. The van der Waals surface area contributed by atoms with E-state index in [1.54, 1.807) is 12.3 Å². The molecule has 0 amide bonds. The predicted molar refractivity (Wildman–Crippen MR) is 89.9 cm³/mol. The van der Waals surface area contributed by atoms with Crippen LogP contribution in [0.15, 0.2) is 52.4 Å². The van der Waals surface area contributed by atoms with Crippen molar-refractivity contribution in [2.75, 3.05) is 5.32 Å². The van der Waals surface area contributed by atoms with Gasteiger partial charge in [0.25, 0.3) is 5.56 Å². The Kier molecular flexibility index (Phi) is 5.20. The molecule has 0 saturated carbocycles. The minimum absolute atomic E-state index is 0.0232. The molecule has 0 saturated heterocycles. The fourth-order valence-corrected chi connectivity index (χ4v) is 2.43. The Hall–Kier alpha value is -1.59. The molecule has 1 aromatic carbocycles. The monoisotopic (exact) mass is 367 g/mol. The molecule has 1 aromatic heterocycles. The van der Waals surface area contributed by atoms with Gasteiger partial charge in [0.05, 0.1) is 18.4 Å². The summed E-state index contributed by atoms with van der Waals surface area (Å²) in [6.07, 6.45) is 3.26. The first-order valence-electron chi connectivity index (χ1n) is 6.41. The summed E-state index contributed by atoms with van der Waals surface area (Å²) in [4.78, 5) is 12.1. The summed E-state index contributed by atoms with van der Waals surface area (Å²) >= 11 is 9.20. The lowest BCUT2D eigenvalue weighted by Crippen LogP contribution is -2.24. The van der Waals surface area contributed by atoms with Crippen molar-refractivity contribution in [3.63, 3.8) is 0 Å². The van der Waals surface area contributed by atoms with Crippen LogP contribution < -0.4 is 10.9 Å². The van der Waals surface area contributed by atoms with E-state index in [2.05, 4.69) is 32.9 Å². The number of hydrogen-bond donors (Lipinski definition) is 1. The molecule has 110 valence electrons. The third-order valence-corrected chi connectivity index (χ3v) is 4.05. The number of allylic oxidation sites excluding steroid dienone is 1. The maximum absolute atomic E-state index is 12.1. The van der Waals surface area contributed by atoms with Crippen LogP contribution in [0.2, 0.25) is 5.02 Å². The van der Waals surface area contributed by atoms with Gasteiger partial charge >= 0.3 is 0 Å². The zero-order valence-corrected chi connectivity index (χ0v) is 13.9. The van der Waals surface area contributed by atoms with Crippen LogP contribution in [0.1, 0.15) is 18.5 Å². The van der Waals surface area contributed by atoms with Crippen LogP contribution >= 0.6 is 27.5 Å². The van der Waals surface area contributed by atoms with Crippen molar-refractivity contribution in [2.45, 2.75) is 19.5 Å². The molecule has 0 spiro atoms. The number of hydrogen-bond acceptors (Lipinski definition) is 3. The summed E-state index contributed by atoms with van der Waals surface area (Å²) in [5, 5.41) is 8.07. The highest BCUT2D eigenvalue weighted by Gasteiger charge is 2.11. The zero-order valence-electron chi connectivity index (χ0n) is 11.5. The van der Waals surface area contributed by atoms with E-state index in [4.69, 9.17) is 11.6 Å². The van der Waals surface area contributed by atoms with Gasteiger partial charge in [-0.1, -0.05) is 29.8 Å². The molecule has 1 atom stereocenters. The summed E-state index contributed by atoms with van der Waals surface area (Å²) in [5.74, 6) is 0. The van der Waals surface area contributed by atoms with Crippen LogP contribution in [0.25, 0.3) is 0 Å². The summed E-state index contributed by atoms with van der Waals surface area (Å²) in [6.45, 7) is 5.99. The van der Waals surface area contributed by atoms with E-state index in [1.165, 1.54) is 4.68 Å². The lowest BCUT2D eigenvalue weighted by Gasteiger charge is -2.17. The second-order valence-corrected chi connectivity index (χ2v) is 5.80. The average Bonchev–Trinajstić information content (AvgIpc) is 2.47. The predicted octanol–water partition coefficient (Wildman–Crippen LogP) is 4.02. The van der Waals surface area contributed by atoms with Gasteiger partial charge in [-0.15, -0.1) is 6.58 Å². The van der Waals surface area contributed by atoms with Crippen LogP contribution in [0.4, 0.5) is 5.69 Å². The molecule has 2 aromatic rings. The number of benzene rings is 1. The van der Waals surface area contributed by atoms with Crippen molar-refractivity contribution >= 4 is 33.2 Å². The highest BCUT2D eigenvalue weighted by molar-refractivity contribution is 9.10. The topological polar surface area (TPSA) is 46.9 Å². The maximum atomic E-state index is 12.1. The van der Waals surface area contributed by atoms with E-state index in [9.17, 15) is 4.79 Å². The molecule has 0 aliphatic heterocycles. The average molecular weight is 369 g/mol. The lowest BCUT2D eigenvalue weighted by atomic mass is 10.1. The Bertz CT molecular complexity index is 697. The van der Waals surface area contributed by atoms with Gasteiger partial charge in [-0.05, 0) is 40.5 Å². The quantitative estimate of drug-likeness (QED) is 0.811. The fourth-order valence-electron chi connectivity index (χ4n) is 1.89. The Labute approximate surface area is 136 Å². The van der Waals surface area contributed by atoms with Gasteiger partial charge in [0.2, 0.25) is 0 Å². The Morgan fingerprint density at radius 2 is 2.14 bits per heavy atom. The van der Waals surface area contributed by atoms with E-state index in [0.717, 1.165) is 5.56 Å². The fraction of sp³-hybridized carbons (Fsp3) is 0.200. The van der Waals surface area contributed by atoms with Crippen molar-refractivity contribution in [2.24, 2.45) is 0 Å². The highest BCUT2D eigenvalue weighted by Crippen LogP contribution is 2.24. The molecule has 0 radical (unpaired) electrons. The number of nitrogens with zero attached hydrogens (tertiary/aromatic N) is 2. The van der Waals surface area contributed by atoms with Crippen molar-refractivity contribution in [1.82, 2.24) is 9.78 Å². The first-order chi connectivity index (χ1) is 10.0. The van der Waals surface area contributed by atoms with Crippen molar-refractivity contribution in [3.8, 4) is 0 Å². The molecule has 0 aliphatic carbocycles. The summed E-state index contributed by atoms with van der Waals surface area (Å²) in [7, 11) is 0. The highest BCUT2D eigenvalue weighted by atomic mass is 79.9. The smallest absolute Gasteiger partial charge is 0.283 e. The minimum atomic E-state index is -0.191. The maximum Gasteiger partial charge on any atom is 0.283 e. The summed E-state index contributed by atoms with van der Waals surface area (Å²) in [6, 6.07) is 7.59. The van der Waals surface area contributed by atoms with E-state index in [1.807, 2.05) is 31.2 Å². The number of rotatable bonds is 5. The summed E-state index contributed by atoms with van der Waals surface area (Å²) < 4.78 is 1.80. The van der Waals surface area contributed by atoms with E-state index >= 15 is 0 Å². The normalized spacial score (nSPS) is 12.0. The van der Waals surface area contributed by atoms with Crippen LogP contribution in [-0.2, 0) is 6.54 Å². The second-order valence-electron chi connectivity index (χ2n) is 4.57.